The Morgan fingerprint density at radius 3 is 2.55 bits per heavy atom. The van der Waals surface area contributed by atoms with Crippen molar-refractivity contribution in [2.24, 2.45) is 0 Å². The highest BCUT2D eigenvalue weighted by Gasteiger charge is 2.24. The lowest BCUT2D eigenvalue weighted by Crippen LogP contribution is -2.38. The molecule has 2 aromatic carbocycles. The Labute approximate surface area is 198 Å². The van der Waals surface area contributed by atoms with Crippen molar-refractivity contribution in [2.75, 3.05) is 37.7 Å². The second kappa shape index (κ2) is 11.5. The summed E-state index contributed by atoms with van der Waals surface area (Å²) in [5.74, 6) is 3.08. The number of hydrogen-bond acceptors (Lipinski definition) is 5. The lowest BCUT2D eigenvalue weighted by Gasteiger charge is -2.28. The van der Waals surface area contributed by atoms with Crippen LogP contribution in [0.3, 0.4) is 0 Å². The molecule has 0 saturated carbocycles. The summed E-state index contributed by atoms with van der Waals surface area (Å²) in [7, 11) is 0. The van der Waals surface area contributed by atoms with Crippen molar-refractivity contribution in [3.8, 4) is 5.75 Å². The van der Waals surface area contributed by atoms with Gasteiger partial charge in [0.15, 0.2) is 6.61 Å². The molecule has 31 heavy (non-hydrogen) atoms. The van der Waals surface area contributed by atoms with E-state index in [4.69, 9.17) is 16.3 Å². The average molecular weight is 477 g/mol. The van der Waals surface area contributed by atoms with E-state index in [1.807, 2.05) is 53.9 Å². The molecule has 2 fully saturated rings. The number of rotatable bonds is 8. The summed E-state index contributed by atoms with van der Waals surface area (Å²) in [6.45, 7) is 2.67. The van der Waals surface area contributed by atoms with Crippen molar-refractivity contribution in [3.05, 3.63) is 64.7 Å². The number of hydrogen-bond donors (Lipinski definition) is 1. The quantitative estimate of drug-likeness (QED) is 0.541. The first-order chi connectivity index (χ1) is 15.2. The number of nitrogens with one attached hydrogen (secondary N) is 1. The van der Waals surface area contributed by atoms with Gasteiger partial charge < -0.3 is 10.1 Å². The normalized spacial score (nSPS) is 18.6. The number of benzene rings is 2. The fourth-order valence-electron chi connectivity index (χ4n) is 4.04. The van der Waals surface area contributed by atoms with E-state index in [1.54, 1.807) is 0 Å². The van der Waals surface area contributed by atoms with Crippen LogP contribution >= 0.6 is 35.1 Å². The highest BCUT2D eigenvalue weighted by Crippen LogP contribution is 2.43. The second-order valence-electron chi connectivity index (χ2n) is 7.90. The number of nitrogens with zero attached hydrogens (tertiary/aromatic N) is 1. The van der Waals surface area contributed by atoms with Crippen molar-refractivity contribution in [1.29, 1.82) is 0 Å². The second-order valence-corrected chi connectivity index (χ2v) is 11.1. The topological polar surface area (TPSA) is 41.6 Å². The number of ether oxygens (including phenoxy) is 1. The number of likely N-dealkylation sites (tertiary alicyclic amines) is 1. The molecule has 2 aliphatic rings. The van der Waals surface area contributed by atoms with Crippen LogP contribution in [-0.2, 0) is 4.79 Å². The molecule has 7 heteroatoms. The summed E-state index contributed by atoms with van der Waals surface area (Å²) in [4.78, 5) is 14.9. The van der Waals surface area contributed by atoms with E-state index in [9.17, 15) is 4.79 Å². The third-order valence-corrected chi connectivity index (χ3v) is 8.91. The molecule has 0 aliphatic carbocycles. The Bertz CT molecular complexity index is 853. The van der Waals surface area contributed by atoms with Crippen LogP contribution in [0.4, 0.5) is 0 Å². The van der Waals surface area contributed by atoms with Crippen LogP contribution in [-0.4, -0.2) is 48.6 Å². The summed E-state index contributed by atoms with van der Waals surface area (Å²) in [6, 6.07) is 16.2. The minimum Gasteiger partial charge on any atom is -0.484 e. The van der Waals surface area contributed by atoms with Gasteiger partial charge in [-0.15, -0.1) is 23.5 Å². The highest BCUT2D eigenvalue weighted by molar-refractivity contribution is 8.16. The maximum atomic E-state index is 12.5. The van der Waals surface area contributed by atoms with Crippen molar-refractivity contribution >= 4 is 41.0 Å². The number of carbonyl (C=O) groups excluding carboxylic acids is 1. The molecule has 0 spiro atoms. The molecule has 4 rings (SSSR count). The monoisotopic (exact) mass is 476 g/mol. The third kappa shape index (κ3) is 6.58. The van der Waals surface area contributed by atoms with Gasteiger partial charge in [-0.05, 0) is 79.3 Å². The van der Waals surface area contributed by atoms with E-state index in [0.29, 0.717) is 11.1 Å². The first-order valence-electron chi connectivity index (χ1n) is 10.9. The first-order valence-corrected chi connectivity index (χ1v) is 13.4. The van der Waals surface area contributed by atoms with Crippen LogP contribution in [0.15, 0.2) is 48.5 Å². The van der Waals surface area contributed by atoms with Gasteiger partial charge in [-0.25, -0.2) is 0 Å². The highest BCUT2D eigenvalue weighted by atomic mass is 35.5. The number of amides is 1. The maximum absolute atomic E-state index is 12.5. The fourth-order valence-corrected chi connectivity index (χ4v) is 7.13. The first kappa shape index (κ1) is 22.8. The zero-order valence-electron chi connectivity index (χ0n) is 17.6. The molecule has 1 unspecified atom stereocenters. The van der Waals surface area contributed by atoms with Crippen LogP contribution in [0.25, 0.3) is 0 Å². The minimum atomic E-state index is -0.103. The predicted octanol–water partition coefficient (Wildman–Crippen LogP) is 5.54. The van der Waals surface area contributed by atoms with Gasteiger partial charge >= 0.3 is 0 Å². The molecule has 1 amide bonds. The van der Waals surface area contributed by atoms with E-state index in [0.717, 1.165) is 29.4 Å². The van der Waals surface area contributed by atoms with Crippen molar-refractivity contribution in [3.63, 3.8) is 0 Å². The molecule has 2 saturated heterocycles. The SMILES string of the molecule is O=C(COc1ccc(C2SCCCS2)cc1)NCC(c1cccc(Cl)c1)N1CCCC1. The van der Waals surface area contributed by atoms with Crippen LogP contribution in [0.1, 0.15) is 41.0 Å². The van der Waals surface area contributed by atoms with Gasteiger partial charge in [-0.2, -0.15) is 0 Å². The molecular weight excluding hydrogens is 448 g/mol. The molecular formula is C24H29ClN2O2S2. The molecule has 1 N–H and O–H groups in total. The van der Waals surface area contributed by atoms with Gasteiger partial charge in [-0.1, -0.05) is 35.9 Å². The lowest BCUT2D eigenvalue weighted by atomic mass is 10.1. The van der Waals surface area contributed by atoms with Gasteiger partial charge in [-0.3, -0.25) is 9.69 Å². The van der Waals surface area contributed by atoms with Crippen molar-refractivity contribution in [1.82, 2.24) is 10.2 Å². The Morgan fingerprint density at radius 1 is 1.10 bits per heavy atom. The van der Waals surface area contributed by atoms with Gasteiger partial charge in [0.25, 0.3) is 5.91 Å². The number of thioether (sulfide) groups is 2. The Kier molecular flexibility index (Phi) is 8.48. The van der Waals surface area contributed by atoms with Crippen LogP contribution in [0.5, 0.6) is 5.75 Å². The summed E-state index contributed by atoms with van der Waals surface area (Å²) in [5, 5.41) is 3.78. The number of carbonyl (C=O) groups is 1. The average Bonchev–Trinajstić information content (AvgIpc) is 3.33. The Morgan fingerprint density at radius 2 is 1.84 bits per heavy atom. The lowest BCUT2D eigenvalue weighted by molar-refractivity contribution is -0.123. The summed E-state index contributed by atoms with van der Waals surface area (Å²) in [6.07, 6.45) is 3.68. The third-order valence-electron chi connectivity index (χ3n) is 5.66. The standard InChI is InChI=1S/C24H29ClN2O2S2/c25-20-6-3-5-19(15-20)22(27-11-1-2-12-27)16-26-23(28)17-29-21-9-7-18(8-10-21)24-30-13-4-14-31-24/h3,5-10,15,22,24H,1-2,4,11-14,16-17H2,(H,26,28). The molecule has 4 nitrogen and oxygen atoms in total. The fraction of sp³-hybridized carbons (Fsp3) is 0.458. The largest absolute Gasteiger partial charge is 0.484 e. The van der Waals surface area contributed by atoms with E-state index < -0.39 is 0 Å². The zero-order valence-corrected chi connectivity index (χ0v) is 20.0. The van der Waals surface area contributed by atoms with Gasteiger partial charge in [0, 0.05) is 11.6 Å². The summed E-state index contributed by atoms with van der Waals surface area (Å²) >= 11 is 10.2. The Balaban J connectivity index is 1.28. The van der Waals surface area contributed by atoms with E-state index in [1.165, 1.54) is 36.3 Å². The molecule has 0 bridgehead atoms. The van der Waals surface area contributed by atoms with Gasteiger partial charge in [0.1, 0.15) is 5.75 Å². The van der Waals surface area contributed by atoms with Crippen LogP contribution in [0.2, 0.25) is 5.02 Å². The van der Waals surface area contributed by atoms with Crippen molar-refractivity contribution in [2.45, 2.75) is 29.9 Å². The Hall–Kier alpha value is -1.34. The summed E-state index contributed by atoms with van der Waals surface area (Å²) < 4.78 is 6.25. The van der Waals surface area contributed by atoms with Gasteiger partial charge in [0.05, 0.1) is 10.6 Å². The van der Waals surface area contributed by atoms with Crippen molar-refractivity contribution < 1.29 is 9.53 Å². The number of halogens is 1. The molecule has 166 valence electrons. The minimum absolute atomic E-state index is 0.0224. The van der Waals surface area contributed by atoms with E-state index >= 15 is 0 Å². The van der Waals surface area contributed by atoms with E-state index in [2.05, 4.69) is 28.4 Å². The van der Waals surface area contributed by atoms with E-state index in [-0.39, 0.29) is 18.6 Å². The van der Waals surface area contributed by atoms with Crippen LogP contribution < -0.4 is 10.1 Å². The zero-order chi connectivity index (χ0) is 21.5. The molecule has 0 aromatic heterocycles. The molecule has 1 atom stereocenters. The molecule has 2 aliphatic heterocycles. The smallest absolute Gasteiger partial charge is 0.258 e. The maximum Gasteiger partial charge on any atom is 0.258 e. The molecule has 2 aromatic rings. The van der Waals surface area contributed by atoms with Gasteiger partial charge in [0.2, 0.25) is 0 Å². The predicted molar refractivity (Wildman–Crippen MR) is 132 cm³/mol. The summed E-state index contributed by atoms with van der Waals surface area (Å²) in [5.41, 5.74) is 2.46. The molecule has 2 heterocycles. The van der Waals surface area contributed by atoms with Crippen LogP contribution in [0, 0.1) is 0 Å². The molecule has 0 radical (unpaired) electrons.